The first-order valence-electron chi connectivity index (χ1n) is 7.86. The highest BCUT2D eigenvalue weighted by atomic mass is 35.5. The number of nitrogens with one attached hydrogen (secondary N) is 1. The lowest BCUT2D eigenvalue weighted by atomic mass is 10.1. The van der Waals surface area contributed by atoms with E-state index in [1.807, 2.05) is 0 Å². The minimum atomic E-state index is -1.27. The van der Waals surface area contributed by atoms with Crippen LogP contribution in [0.5, 0.6) is 17.2 Å². The fourth-order valence-electron chi connectivity index (χ4n) is 2.39. The third-order valence-corrected chi connectivity index (χ3v) is 3.93. The standard InChI is InChI=1S/C19H19ClFNO5/c1-4-5-27-18-16(25-2)6-11(7-17(18)26-3)10-22-15-9-13(20)14(21)8-12(15)19(23)24/h4,6-9,22H,1,5,10H2,2-3H3,(H,23,24). The normalized spacial score (nSPS) is 10.2. The van der Waals surface area contributed by atoms with Gasteiger partial charge in [0.15, 0.2) is 11.5 Å². The van der Waals surface area contributed by atoms with Gasteiger partial charge in [0.25, 0.3) is 0 Å². The van der Waals surface area contributed by atoms with Gasteiger partial charge >= 0.3 is 5.97 Å². The molecule has 2 aromatic carbocycles. The fraction of sp³-hybridized carbons (Fsp3) is 0.211. The number of methoxy groups -OCH3 is 2. The first kappa shape index (κ1) is 20.4. The second kappa shape index (κ2) is 9.14. The molecule has 0 saturated carbocycles. The van der Waals surface area contributed by atoms with Crippen molar-refractivity contribution in [1.29, 1.82) is 0 Å². The number of hydrogen-bond acceptors (Lipinski definition) is 5. The van der Waals surface area contributed by atoms with Gasteiger partial charge in [-0.3, -0.25) is 0 Å². The Kier molecular flexibility index (Phi) is 6.90. The number of aromatic carboxylic acids is 1. The Morgan fingerprint density at radius 1 is 1.26 bits per heavy atom. The first-order valence-corrected chi connectivity index (χ1v) is 8.23. The summed E-state index contributed by atoms with van der Waals surface area (Å²) in [4.78, 5) is 11.3. The molecule has 0 unspecified atom stereocenters. The summed E-state index contributed by atoms with van der Waals surface area (Å²) in [5.74, 6) is -0.741. The van der Waals surface area contributed by atoms with Gasteiger partial charge in [0, 0.05) is 6.54 Å². The molecule has 0 aromatic heterocycles. The molecule has 0 fully saturated rings. The number of ether oxygens (including phenoxy) is 3. The molecule has 0 amide bonds. The van der Waals surface area contributed by atoms with Crippen LogP contribution in [-0.4, -0.2) is 31.9 Å². The van der Waals surface area contributed by atoms with Crippen LogP contribution < -0.4 is 19.5 Å². The van der Waals surface area contributed by atoms with Crippen molar-refractivity contribution in [3.63, 3.8) is 0 Å². The molecule has 2 aromatic rings. The maximum absolute atomic E-state index is 13.5. The van der Waals surface area contributed by atoms with E-state index >= 15 is 0 Å². The maximum atomic E-state index is 13.5. The van der Waals surface area contributed by atoms with Gasteiger partial charge in [-0.1, -0.05) is 24.3 Å². The van der Waals surface area contributed by atoms with Crippen LogP contribution in [0.1, 0.15) is 15.9 Å². The molecule has 0 radical (unpaired) electrons. The molecule has 0 aliphatic heterocycles. The minimum Gasteiger partial charge on any atom is -0.493 e. The zero-order chi connectivity index (χ0) is 20.0. The van der Waals surface area contributed by atoms with Crippen molar-refractivity contribution in [2.24, 2.45) is 0 Å². The van der Waals surface area contributed by atoms with Gasteiger partial charge in [-0.25, -0.2) is 9.18 Å². The Labute approximate surface area is 161 Å². The SMILES string of the molecule is C=CCOc1c(OC)cc(CNc2cc(Cl)c(F)cc2C(=O)O)cc1OC. The molecule has 0 aliphatic carbocycles. The van der Waals surface area contributed by atoms with Gasteiger partial charge in [0.1, 0.15) is 12.4 Å². The van der Waals surface area contributed by atoms with Crippen LogP contribution in [-0.2, 0) is 6.54 Å². The number of carbonyl (C=O) groups is 1. The minimum absolute atomic E-state index is 0.175. The number of rotatable bonds is 9. The number of hydrogen-bond donors (Lipinski definition) is 2. The van der Waals surface area contributed by atoms with Crippen molar-refractivity contribution in [3.05, 3.63) is 58.9 Å². The van der Waals surface area contributed by atoms with E-state index in [0.717, 1.165) is 11.6 Å². The number of carboxylic acid groups (broad SMARTS) is 1. The highest BCUT2D eigenvalue weighted by Gasteiger charge is 2.16. The molecule has 0 spiro atoms. The average Bonchev–Trinajstić information content (AvgIpc) is 2.66. The lowest BCUT2D eigenvalue weighted by Crippen LogP contribution is -2.08. The molecule has 8 heteroatoms. The highest BCUT2D eigenvalue weighted by molar-refractivity contribution is 6.31. The Bertz CT molecular complexity index is 831. The second-order valence-electron chi connectivity index (χ2n) is 5.40. The van der Waals surface area contributed by atoms with Crippen LogP contribution in [0.25, 0.3) is 0 Å². The molecule has 6 nitrogen and oxygen atoms in total. The van der Waals surface area contributed by atoms with Crippen LogP contribution >= 0.6 is 11.6 Å². The summed E-state index contributed by atoms with van der Waals surface area (Å²) >= 11 is 5.76. The predicted molar refractivity (Wildman–Crippen MR) is 101 cm³/mol. The molecule has 0 atom stereocenters. The highest BCUT2D eigenvalue weighted by Crippen LogP contribution is 2.39. The van der Waals surface area contributed by atoms with Crippen molar-refractivity contribution >= 4 is 23.3 Å². The van der Waals surface area contributed by atoms with E-state index in [0.29, 0.717) is 17.2 Å². The summed E-state index contributed by atoms with van der Waals surface area (Å²) in [5.41, 5.74) is 0.701. The van der Waals surface area contributed by atoms with Crippen molar-refractivity contribution in [2.75, 3.05) is 26.1 Å². The number of halogens is 2. The Morgan fingerprint density at radius 3 is 2.41 bits per heavy atom. The Balaban J connectivity index is 2.32. The lowest BCUT2D eigenvalue weighted by Gasteiger charge is -2.16. The number of benzene rings is 2. The number of carboxylic acids is 1. The van der Waals surface area contributed by atoms with Gasteiger partial charge < -0.3 is 24.6 Å². The summed E-state index contributed by atoms with van der Waals surface area (Å²) in [6.07, 6.45) is 1.60. The zero-order valence-electron chi connectivity index (χ0n) is 14.8. The van der Waals surface area contributed by atoms with Gasteiger partial charge in [-0.05, 0) is 29.8 Å². The third-order valence-electron chi connectivity index (χ3n) is 3.64. The molecular formula is C19H19ClFNO5. The van der Waals surface area contributed by atoms with E-state index in [-0.39, 0.29) is 29.4 Å². The molecule has 0 saturated heterocycles. The maximum Gasteiger partial charge on any atom is 0.337 e. The van der Waals surface area contributed by atoms with Crippen molar-refractivity contribution in [2.45, 2.75) is 6.54 Å². The largest absolute Gasteiger partial charge is 0.493 e. The van der Waals surface area contributed by atoms with Crippen molar-refractivity contribution < 1.29 is 28.5 Å². The summed E-state index contributed by atoms with van der Waals surface area (Å²) in [7, 11) is 2.99. The molecule has 0 heterocycles. The summed E-state index contributed by atoms with van der Waals surface area (Å²) in [6.45, 7) is 4.10. The topological polar surface area (TPSA) is 77.0 Å². The zero-order valence-corrected chi connectivity index (χ0v) is 15.6. The quantitative estimate of drug-likeness (QED) is 0.614. The van der Waals surface area contributed by atoms with Gasteiger partial charge in [0.05, 0.1) is 30.5 Å². The van der Waals surface area contributed by atoms with Crippen LogP contribution in [0.15, 0.2) is 36.9 Å². The molecule has 144 valence electrons. The van der Waals surface area contributed by atoms with E-state index in [2.05, 4.69) is 11.9 Å². The summed E-state index contributed by atoms with van der Waals surface area (Å²) < 4.78 is 29.8. The molecule has 0 aliphatic rings. The molecule has 2 rings (SSSR count). The van der Waals surface area contributed by atoms with E-state index in [1.165, 1.54) is 20.3 Å². The van der Waals surface area contributed by atoms with Gasteiger partial charge in [-0.2, -0.15) is 0 Å². The van der Waals surface area contributed by atoms with Crippen molar-refractivity contribution in [3.8, 4) is 17.2 Å². The third kappa shape index (κ3) is 4.83. The second-order valence-corrected chi connectivity index (χ2v) is 5.81. The smallest absolute Gasteiger partial charge is 0.337 e. The Morgan fingerprint density at radius 2 is 1.89 bits per heavy atom. The van der Waals surface area contributed by atoms with Crippen LogP contribution in [0.4, 0.5) is 10.1 Å². The monoisotopic (exact) mass is 395 g/mol. The van der Waals surface area contributed by atoms with Crippen molar-refractivity contribution in [1.82, 2.24) is 0 Å². The first-order chi connectivity index (χ1) is 12.9. The summed E-state index contributed by atoms with van der Waals surface area (Å²) in [5, 5.41) is 12.0. The number of anilines is 1. The molecular weight excluding hydrogens is 377 g/mol. The van der Waals surface area contributed by atoms with Gasteiger partial charge in [-0.15, -0.1) is 0 Å². The van der Waals surface area contributed by atoms with E-state index < -0.39 is 11.8 Å². The van der Waals surface area contributed by atoms with E-state index in [1.54, 1.807) is 18.2 Å². The molecule has 2 N–H and O–H groups in total. The lowest BCUT2D eigenvalue weighted by molar-refractivity contribution is 0.0697. The van der Waals surface area contributed by atoms with Crippen LogP contribution in [0, 0.1) is 5.82 Å². The summed E-state index contributed by atoms with van der Waals surface area (Å²) in [6, 6.07) is 5.55. The van der Waals surface area contributed by atoms with E-state index in [4.69, 9.17) is 25.8 Å². The molecule has 0 bridgehead atoms. The van der Waals surface area contributed by atoms with Crippen LogP contribution in [0.2, 0.25) is 5.02 Å². The Hall–Kier alpha value is -2.93. The predicted octanol–water partition coefficient (Wildman–Crippen LogP) is 4.37. The van der Waals surface area contributed by atoms with Crippen LogP contribution in [0.3, 0.4) is 0 Å². The molecule has 27 heavy (non-hydrogen) atoms. The van der Waals surface area contributed by atoms with E-state index in [9.17, 15) is 14.3 Å². The average molecular weight is 396 g/mol. The fourth-order valence-corrected chi connectivity index (χ4v) is 2.55. The van der Waals surface area contributed by atoms with Gasteiger partial charge in [0.2, 0.25) is 5.75 Å².